The van der Waals surface area contributed by atoms with E-state index < -0.39 is 0 Å². The molecule has 2 aromatic rings. The quantitative estimate of drug-likeness (QED) is 0.871. The highest BCUT2D eigenvalue weighted by atomic mass is 16.6. The van der Waals surface area contributed by atoms with Crippen molar-refractivity contribution in [1.82, 2.24) is 5.32 Å². The number of rotatable bonds is 5. The molecule has 1 aliphatic carbocycles. The number of nitrogens with zero attached hydrogens (tertiary/aromatic N) is 1. The van der Waals surface area contributed by atoms with Crippen molar-refractivity contribution in [3.05, 3.63) is 65.7 Å². The molecule has 0 radical (unpaired) electrons. The van der Waals surface area contributed by atoms with Crippen LogP contribution in [0.1, 0.15) is 41.3 Å². The van der Waals surface area contributed by atoms with Gasteiger partial charge in [-0.05, 0) is 36.6 Å². The smallest absolute Gasteiger partial charge is 0.273 e. The largest absolute Gasteiger partial charge is 0.387 e. The summed E-state index contributed by atoms with van der Waals surface area (Å²) >= 11 is 0. The first-order chi connectivity index (χ1) is 12.7. The van der Waals surface area contributed by atoms with Gasteiger partial charge in [-0.1, -0.05) is 41.6 Å². The molecule has 1 aliphatic heterocycles. The van der Waals surface area contributed by atoms with E-state index in [9.17, 15) is 9.59 Å². The Labute approximate surface area is 151 Å². The van der Waals surface area contributed by atoms with Crippen LogP contribution < -0.4 is 10.6 Å². The molecule has 132 valence electrons. The van der Waals surface area contributed by atoms with Crippen LogP contribution in [0, 0.1) is 0 Å². The Morgan fingerprint density at radius 2 is 1.81 bits per heavy atom. The van der Waals surface area contributed by atoms with Gasteiger partial charge in [0.2, 0.25) is 0 Å². The summed E-state index contributed by atoms with van der Waals surface area (Å²) in [6, 6.07) is 16.9. The molecule has 26 heavy (non-hydrogen) atoms. The van der Waals surface area contributed by atoms with Gasteiger partial charge in [0.15, 0.2) is 6.10 Å². The third-order valence-corrected chi connectivity index (χ3v) is 4.40. The summed E-state index contributed by atoms with van der Waals surface area (Å²) < 4.78 is 0. The van der Waals surface area contributed by atoms with Gasteiger partial charge < -0.3 is 15.5 Å². The maximum Gasteiger partial charge on any atom is 0.273 e. The van der Waals surface area contributed by atoms with Gasteiger partial charge in [0.25, 0.3) is 11.8 Å². The van der Waals surface area contributed by atoms with Crippen LogP contribution in [-0.4, -0.2) is 23.6 Å². The van der Waals surface area contributed by atoms with E-state index in [0.29, 0.717) is 29.4 Å². The molecule has 2 aromatic carbocycles. The van der Waals surface area contributed by atoms with Crippen molar-refractivity contribution in [2.75, 3.05) is 5.32 Å². The van der Waals surface area contributed by atoms with Gasteiger partial charge in [0.1, 0.15) is 5.71 Å². The van der Waals surface area contributed by atoms with Crippen molar-refractivity contribution < 1.29 is 14.4 Å². The molecule has 0 saturated heterocycles. The summed E-state index contributed by atoms with van der Waals surface area (Å²) in [5.74, 6) is -0.433. The Morgan fingerprint density at radius 3 is 2.58 bits per heavy atom. The molecule has 1 heterocycles. The first kappa shape index (κ1) is 16.3. The van der Waals surface area contributed by atoms with Gasteiger partial charge in [0.05, 0.1) is 0 Å². The van der Waals surface area contributed by atoms with Crippen LogP contribution >= 0.6 is 0 Å². The molecule has 6 nitrogen and oxygen atoms in total. The zero-order valence-electron chi connectivity index (χ0n) is 14.1. The number of anilines is 1. The Balaban J connectivity index is 1.38. The minimum Gasteiger partial charge on any atom is -0.387 e. The lowest BCUT2D eigenvalue weighted by Gasteiger charge is -2.08. The standard InChI is InChI=1S/C20H19N3O3/c24-19(21-15-9-10-15)14-7-4-8-16(11-14)22-20(25)17-12-18(26-23-17)13-5-2-1-3-6-13/h1-8,11,15,18H,9-10,12H2,(H,21,24)(H,22,25). The van der Waals surface area contributed by atoms with Gasteiger partial charge in [-0.3, -0.25) is 9.59 Å². The van der Waals surface area contributed by atoms with Gasteiger partial charge in [0, 0.05) is 23.7 Å². The maximum atomic E-state index is 12.4. The Morgan fingerprint density at radius 1 is 1.00 bits per heavy atom. The van der Waals surface area contributed by atoms with Gasteiger partial charge in [-0.25, -0.2) is 0 Å². The number of oxime groups is 1. The number of hydrogen-bond donors (Lipinski definition) is 2. The number of benzene rings is 2. The highest BCUT2D eigenvalue weighted by Crippen LogP contribution is 2.27. The van der Waals surface area contributed by atoms with E-state index in [4.69, 9.17) is 4.84 Å². The molecule has 2 amide bonds. The number of carbonyl (C=O) groups excluding carboxylic acids is 2. The summed E-state index contributed by atoms with van der Waals surface area (Å²) in [6.07, 6.45) is 2.24. The topological polar surface area (TPSA) is 79.8 Å². The third kappa shape index (κ3) is 3.74. The summed E-state index contributed by atoms with van der Waals surface area (Å²) in [5, 5.41) is 9.64. The SMILES string of the molecule is O=C(Nc1cccc(C(=O)NC2CC2)c1)C1=NOC(c2ccccc2)C1. The fraction of sp³-hybridized carbons (Fsp3) is 0.250. The number of carbonyl (C=O) groups is 2. The lowest BCUT2D eigenvalue weighted by atomic mass is 10.0. The fourth-order valence-corrected chi connectivity index (χ4v) is 2.80. The molecule has 4 rings (SSSR count). The normalized spacial score (nSPS) is 18.6. The van der Waals surface area contributed by atoms with E-state index >= 15 is 0 Å². The second-order valence-electron chi connectivity index (χ2n) is 6.53. The summed E-state index contributed by atoms with van der Waals surface area (Å²) in [6.45, 7) is 0. The number of amides is 2. The lowest BCUT2D eigenvalue weighted by molar-refractivity contribution is -0.110. The molecule has 1 unspecified atom stereocenters. The molecule has 0 spiro atoms. The minimum atomic E-state index is -0.316. The summed E-state index contributed by atoms with van der Waals surface area (Å²) in [5.41, 5.74) is 2.41. The van der Waals surface area contributed by atoms with Gasteiger partial charge >= 0.3 is 0 Å². The summed E-state index contributed by atoms with van der Waals surface area (Å²) in [4.78, 5) is 29.9. The van der Waals surface area contributed by atoms with Crippen LogP contribution in [-0.2, 0) is 9.63 Å². The van der Waals surface area contributed by atoms with Crippen molar-refractivity contribution in [1.29, 1.82) is 0 Å². The molecular formula is C20H19N3O3. The Kier molecular flexibility index (Phi) is 4.39. The molecular weight excluding hydrogens is 330 g/mol. The average molecular weight is 349 g/mol. The van der Waals surface area contributed by atoms with Crippen molar-refractivity contribution in [3.63, 3.8) is 0 Å². The van der Waals surface area contributed by atoms with Gasteiger partial charge in [-0.2, -0.15) is 0 Å². The van der Waals surface area contributed by atoms with Crippen LogP contribution in [0.25, 0.3) is 0 Å². The van der Waals surface area contributed by atoms with Crippen molar-refractivity contribution in [2.24, 2.45) is 5.16 Å². The molecule has 1 saturated carbocycles. The molecule has 1 atom stereocenters. The maximum absolute atomic E-state index is 12.4. The van der Waals surface area contributed by atoms with E-state index in [-0.39, 0.29) is 17.9 Å². The predicted molar refractivity (Wildman–Crippen MR) is 97.9 cm³/mol. The van der Waals surface area contributed by atoms with E-state index in [1.54, 1.807) is 24.3 Å². The van der Waals surface area contributed by atoms with Crippen LogP contribution in [0.4, 0.5) is 5.69 Å². The zero-order chi connectivity index (χ0) is 17.9. The predicted octanol–water partition coefficient (Wildman–Crippen LogP) is 3.03. The highest BCUT2D eigenvalue weighted by Gasteiger charge is 2.27. The van der Waals surface area contributed by atoms with E-state index in [1.165, 1.54) is 0 Å². The van der Waals surface area contributed by atoms with E-state index in [0.717, 1.165) is 18.4 Å². The van der Waals surface area contributed by atoms with Crippen molar-refractivity contribution in [3.8, 4) is 0 Å². The van der Waals surface area contributed by atoms with Crippen LogP contribution in [0.2, 0.25) is 0 Å². The molecule has 0 aromatic heterocycles. The third-order valence-electron chi connectivity index (χ3n) is 4.40. The Hall–Kier alpha value is -3.15. The second-order valence-corrected chi connectivity index (χ2v) is 6.53. The average Bonchev–Trinajstić information content (AvgIpc) is 3.34. The highest BCUT2D eigenvalue weighted by molar-refractivity contribution is 6.43. The van der Waals surface area contributed by atoms with Gasteiger partial charge in [-0.15, -0.1) is 0 Å². The zero-order valence-corrected chi connectivity index (χ0v) is 14.1. The minimum absolute atomic E-state index is 0.116. The number of nitrogens with one attached hydrogen (secondary N) is 2. The molecule has 0 bridgehead atoms. The Bertz CT molecular complexity index is 860. The van der Waals surface area contributed by atoms with Crippen LogP contribution in [0.3, 0.4) is 0 Å². The molecule has 2 aliphatic rings. The van der Waals surface area contributed by atoms with Crippen molar-refractivity contribution >= 4 is 23.2 Å². The summed E-state index contributed by atoms with van der Waals surface area (Å²) in [7, 11) is 0. The monoisotopic (exact) mass is 349 g/mol. The molecule has 1 fully saturated rings. The second kappa shape index (κ2) is 7.00. The van der Waals surface area contributed by atoms with E-state index in [1.807, 2.05) is 30.3 Å². The number of hydrogen-bond acceptors (Lipinski definition) is 4. The van der Waals surface area contributed by atoms with E-state index in [2.05, 4.69) is 15.8 Å². The molecule has 6 heteroatoms. The lowest BCUT2D eigenvalue weighted by Crippen LogP contribution is -2.26. The fourth-order valence-electron chi connectivity index (χ4n) is 2.80. The first-order valence-corrected chi connectivity index (χ1v) is 8.69. The molecule has 2 N–H and O–H groups in total. The van der Waals surface area contributed by atoms with Crippen LogP contribution in [0.15, 0.2) is 59.8 Å². The van der Waals surface area contributed by atoms with Crippen LogP contribution in [0.5, 0.6) is 0 Å². The van der Waals surface area contributed by atoms with Crippen molar-refractivity contribution in [2.45, 2.75) is 31.4 Å². The first-order valence-electron chi connectivity index (χ1n) is 8.69.